The number of carbonyl (C=O) groups excluding carboxylic acids is 1. The van der Waals surface area contributed by atoms with Gasteiger partial charge in [-0.05, 0) is 24.0 Å². The number of amides is 1. The molecule has 2 aromatic rings. The first kappa shape index (κ1) is 21.3. The van der Waals surface area contributed by atoms with Gasteiger partial charge in [0, 0.05) is 45.6 Å². The lowest BCUT2D eigenvalue weighted by Crippen LogP contribution is -2.48. The lowest BCUT2D eigenvalue weighted by molar-refractivity contribution is -0.271. The van der Waals surface area contributed by atoms with Crippen LogP contribution in [-0.4, -0.2) is 51.3 Å². The van der Waals surface area contributed by atoms with Gasteiger partial charge in [0.05, 0.1) is 6.42 Å². The van der Waals surface area contributed by atoms with Crippen LogP contribution in [0.5, 0.6) is 0 Å². The van der Waals surface area contributed by atoms with E-state index in [0.717, 1.165) is 36.8 Å². The first-order valence-electron chi connectivity index (χ1n) is 9.53. The summed E-state index contributed by atoms with van der Waals surface area (Å²) in [6.45, 7) is 2.72. The summed E-state index contributed by atoms with van der Waals surface area (Å²) in [6.07, 6.45) is -2.13. The number of alkyl halides is 3. The Kier molecular flexibility index (Phi) is 6.28. The van der Waals surface area contributed by atoms with Crippen LogP contribution in [0.3, 0.4) is 0 Å². The number of aliphatic hydroxyl groups is 1. The molecule has 1 unspecified atom stereocenters. The molecule has 0 aliphatic carbocycles. The van der Waals surface area contributed by atoms with Gasteiger partial charge in [-0.25, -0.2) is 4.98 Å². The second-order valence-corrected chi connectivity index (χ2v) is 7.39. The number of fused-ring (bicyclic) bond motifs is 1. The Bertz CT molecular complexity index is 852. The van der Waals surface area contributed by atoms with E-state index < -0.39 is 29.9 Å². The van der Waals surface area contributed by atoms with Crippen LogP contribution in [0.2, 0.25) is 0 Å². The van der Waals surface area contributed by atoms with E-state index in [1.807, 2.05) is 12.1 Å². The lowest BCUT2D eigenvalue weighted by Gasteiger charge is -2.30. The van der Waals surface area contributed by atoms with Gasteiger partial charge in [0.2, 0.25) is 11.5 Å². The van der Waals surface area contributed by atoms with Crippen LogP contribution in [-0.2, 0) is 30.4 Å². The summed E-state index contributed by atoms with van der Waals surface area (Å²) in [6, 6.07) is 8.25. The van der Waals surface area contributed by atoms with Crippen molar-refractivity contribution >= 4 is 5.91 Å². The maximum Gasteiger partial charge on any atom is 0.425 e. The zero-order chi connectivity index (χ0) is 21.1. The number of halogens is 3. The number of benzene rings is 1. The van der Waals surface area contributed by atoms with Crippen molar-refractivity contribution in [1.82, 2.24) is 19.8 Å². The smallest absolute Gasteiger partial charge is 0.374 e. The third-order valence-corrected chi connectivity index (χ3v) is 5.26. The molecule has 1 aliphatic heterocycles. The van der Waals surface area contributed by atoms with Gasteiger partial charge in [-0.1, -0.05) is 24.3 Å². The topological polar surface area (TPSA) is 70.4 Å². The Labute approximate surface area is 167 Å². The highest BCUT2D eigenvalue weighted by Crippen LogP contribution is 2.40. The summed E-state index contributed by atoms with van der Waals surface area (Å²) in [7, 11) is 1.34. The number of hydrogen-bond acceptors (Lipinski definition) is 4. The normalized spacial score (nSPS) is 16.9. The van der Waals surface area contributed by atoms with E-state index in [4.69, 9.17) is 0 Å². The molecule has 3 rings (SSSR count). The van der Waals surface area contributed by atoms with Gasteiger partial charge in [0.15, 0.2) is 5.82 Å². The Morgan fingerprint density at radius 1 is 1.28 bits per heavy atom. The number of aryl methyl sites for hydroxylation is 1. The Morgan fingerprint density at radius 2 is 2.00 bits per heavy atom. The van der Waals surface area contributed by atoms with Crippen LogP contribution in [0, 0.1) is 0 Å². The SMILES string of the molecule is Cn1ccnc1C(O)(CC(=O)NCCCN1CCc2ccccc2C1)C(F)(F)F. The van der Waals surface area contributed by atoms with Crippen molar-refractivity contribution < 1.29 is 23.1 Å². The van der Waals surface area contributed by atoms with Crippen LogP contribution < -0.4 is 5.32 Å². The summed E-state index contributed by atoms with van der Waals surface area (Å²) in [5, 5.41) is 12.7. The van der Waals surface area contributed by atoms with Crippen molar-refractivity contribution in [3.05, 3.63) is 53.6 Å². The zero-order valence-corrected chi connectivity index (χ0v) is 16.2. The first-order chi connectivity index (χ1) is 13.7. The third kappa shape index (κ3) is 4.79. The number of hydrogen-bond donors (Lipinski definition) is 2. The molecule has 158 valence electrons. The molecule has 0 saturated carbocycles. The quantitative estimate of drug-likeness (QED) is 0.686. The monoisotopic (exact) mass is 410 g/mol. The molecule has 0 spiro atoms. The van der Waals surface area contributed by atoms with Crippen molar-refractivity contribution in [2.45, 2.75) is 37.6 Å². The number of carbonyl (C=O) groups is 1. The van der Waals surface area contributed by atoms with Crippen LogP contribution in [0.15, 0.2) is 36.7 Å². The lowest BCUT2D eigenvalue weighted by atomic mass is 9.97. The molecule has 0 fully saturated rings. The van der Waals surface area contributed by atoms with E-state index in [2.05, 4.69) is 27.3 Å². The minimum atomic E-state index is -5.02. The molecular formula is C20H25F3N4O2. The molecule has 9 heteroatoms. The number of aromatic nitrogens is 2. The summed E-state index contributed by atoms with van der Waals surface area (Å²) in [5.74, 6) is -1.47. The van der Waals surface area contributed by atoms with Crippen LogP contribution >= 0.6 is 0 Å². The second-order valence-electron chi connectivity index (χ2n) is 7.39. The molecule has 2 heterocycles. The highest BCUT2D eigenvalue weighted by molar-refractivity contribution is 5.77. The molecule has 2 N–H and O–H groups in total. The predicted octanol–water partition coefficient (Wildman–Crippen LogP) is 2.12. The standard InChI is InChI=1S/C20H25F3N4O2/c1-26-12-9-25-18(26)19(29,20(21,22)23)13-17(28)24-8-4-10-27-11-7-15-5-2-3-6-16(15)14-27/h2-3,5-6,9,12,29H,4,7-8,10-11,13-14H2,1H3,(H,24,28). The Balaban J connectivity index is 1.49. The molecule has 1 atom stereocenters. The molecule has 6 nitrogen and oxygen atoms in total. The fourth-order valence-electron chi connectivity index (χ4n) is 3.64. The van der Waals surface area contributed by atoms with Crippen molar-refractivity contribution in [3.63, 3.8) is 0 Å². The van der Waals surface area contributed by atoms with Crippen molar-refractivity contribution in [2.24, 2.45) is 7.05 Å². The zero-order valence-electron chi connectivity index (χ0n) is 16.2. The summed E-state index contributed by atoms with van der Waals surface area (Å²) < 4.78 is 41.5. The van der Waals surface area contributed by atoms with Crippen molar-refractivity contribution in [1.29, 1.82) is 0 Å². The predicted molar refractivity (Wildman–Crippen MR) is 101 cm³/mol. The molecule has 1 aromatic carbocycles. The van der Waals surface area contributed by atoms with Crippen LogP contribution in [0.1, 0.15) is 29.8 Å². The molecule has 1 aliphatic rings. The number of rotatable bonds is 7. The molecule has 29 heavy (non-hydrogen) atoms. The third-order valence-electron chi connectivity index (χ3n) is 5.26. The van der Waals surface area contributed by atoms with Gasteiger partial charge >= 0.3 is 6.18 Å². The van der Waals surface area contributed by atoms with Crippen LogP contribution in [0.4, 0.5) is 13.2 Å². The van der Waals surface area contributed by atoms with E-state index >= 15 is 0 Å². The van der Waals surface area contributed by atoms with E-state index in [0.29, 0.717) is 6.42 Å². The minimum absolute atomic E-state index is 0.242. The molecule has 1 aromatic heterocycles. The van der Waals surface area contributed by atoms with Gasteiger partial charge in [-0.3, -0.25) is 9.69 Å². The average molecular weight is 410 g/mol. The number of imidazole rings is 1. The van der Waals surface area contributed by atoms with Crippen molar-refractivity contribution in [2.75, 3.05) is 19.6 Å². The van der Waals surface area contributed by atoms with E-state index in [9.17, 15) is 23.1 Å². The molecule has 0 saturated heterocycles. The first-order valence-corrected chi connectivity index (χ1v) is 9.53. The molecule has 0 radical (unpaired) electrons. The molecular weight excluding hydrogens is 385 g/mol. The Hall–Kier alpha value is -2.39. The largest absolute Gasteiger partial charge is 0.425 e. The van der Waals surface area contributed by atoms with E-state index in [-0.39, 0.29) is 6.54 Å². The summed E-state index contributed by atoms with van der Waals surface area (Å²) in [5.41, 5.74) is -0.697. The molecule has 1 amide bonds. The maximum absolute atomic E-state index is 13.5. The highest BCUT2D eigenvalue weighted by atomic mass is 19.4. The fraction of sp³-hybridized carbons (Fsp3) is 0.500. The summed E-state index contributed by atoms with van der Waals surface area (Å²) >= 11 is 0. The van der Waals surface area contributed by atoms with Gasteiger partial charge in [-0.2, -0.15) is 13.2 Å². The Morgan fingerprint density at radius 3 is 2.66 bits per heavy atom. The van der Waals surface area contributed by atoms with Gasteiger partial charge in [-0.15, -0.1) is 0 Å². The van der Waals surface area contributed by atoms with Crippen LogP contribution in [0.25, 0.3) is 0 Å². The van der Waals surface area contributed by atoms with Gasteiger partial charge in [0.1, 0.15) is 0 Å². The summed E-state index contributed by atoms with van der Waals surface area (Å²) in [4.78, 5) is 18.0. The van der Waals surface area contributed by atoms with Gasteiger partial charge in [0.25, 0.3) is 0 Å². The number of nitrogens with zero attached hydrogens (tertiary/aromatic N) is 3. The van der Waals surface area contributed by atoms with Gasteiger partial charge < -0.3 is 15.0 Å². The van der Waals surface area contributed by atoms with E-state index in [1.54, 1.807) is 0 Å². The van der Waals surface area contributed by atoms with E-state index in [1.165, 1.54) is 24.4 Å². The fourth-order valence-corrected chi connectivity index (χ4v) is 3.64. The average Bonchev–Trinajstić information content (AvgIpc) is 3.10. The maximum atomic E-state index is 13.5. The van der Waals surface area contributed by atoms with Crippen molar-refractivity contribution in [3.8, 4) is 0 Å². The second kappa shape index (κ2) is 8.54. The number of nitrogens with one attached hydrogen (secondary N) is 1. The minimum Gasteiger partial charge on any atom is -0.374 e. The molecule has 0 bridgehead atoms. The highest BCUT2D eigenvalue weighted by Gasteiger charge is 2.58.